The summed E-state index contributed by atoms with van der Waals surface area (Å²) in [5, 5.41) is 25.2. The van der Waals surface area contributed by atoms with Gasteiger partial charge in [-0.1, -0.05) is 17.7 Å². The van der Waals surface area contributed by atoms with E-state index in [2.05, 4.69) is 36.1 Å². The SMILES string of the molecule is Cc1ccc(NC(=O)NCCNc2ncc(-c3nnc(CO)o3)cc2Cl)nc1. The molecule has 0 fully saturated rings. The molecule has 0 radical (unpaired) electrons. The van der Waals surface area contributed by atoms with Gasteiger partial charge in [-0.2, -0.15) is 0 Å². The summed E-state index contributed by atoms with van der Waals surface area (Å²) in [6.07, 6.45) is 3.19. The maximum Gasteiger partial charge on any atom is 0.320 e. The summed E-state index contributed by atoms with van der Waals surface area (Å²) in [6, 6.07) is 4.85. The summed E-state index contributed by atoms with van der Waals surface area (Å²) >= 11 is 6.21. The number of nitrogens with one attached hydrogen (secondary N) is 3. The molecule has 0 atom stereocenters. The van der Waals surface area contributed by atoms with E-state index in [4.69, 9.17) is 21.1 Å². The first kappa shape index (κ1) is 19.5. The third kappa shape index (κ3) is 5.15. The molecule has 0 saturated carbocycles. The average Bonchev–Trinajstić information content (AvgIpc) is 3.17. The van der Waals surface area contributed by atoms with Gasteiger partial charge >= 0.3 is 6.03 Å². The normalized spacial score (nSPS) is 10.5. The fourth-order valence-corrected chi connectivity index (χ4v) is 2.41. The number of pyridine rings is 2. The van der Waals surface area contributed by atoms with Gasteiger partial charge in [0.1, 0.15) is 18.2 Å². The number of carbonyl (C=O) groups excluding carboxylic acids is 1. The van der Waals surface area contributed by atoms with Crippen molar-refractivity contribution in [1.29, 1.82) is 0 Å². The Kier molecular flexibility index (Phi) is 6.35. The lowest BCUT2D eigenvalue weighted by molar-refractivity contribution is 0.241. The molecule has 0 bridgehead atoms. The molecule has 0 aliphatic rings. The summed E-state index contributed by atoms with van der Waals surface area (Å²) in [5.74, 6) is 1.25. The van der Waals surface area contributed by atoms with Gasteiger partial charge in [-0.25, -0.2) is 14.8 Å². The number of amides is 2. The van der Waals surface area contributed by atoms with Crippen molar-refractivity contribution in [2.24, 2.45) is 0 Å². The van der Waals surface area contributed by atoms with Crippen molar-refractivity contribution in [1.82, 2.24) is 25.5 Å². The third-order valence-corrected chi connectivity index (χ3v) is 3.83. The van der Waals surface area contributed by atoms with Crippen LogP contribution in [0.4, 0.5) is 16.4 Å². The minimum absolute atomic E-state index is 0.110. The summed E-state index contributed by atoms with van der Waals surface area (Å²) in [6.45, 7) is 2.34. The zero-order valence-corrected chi connectivity index (χ0v) is 15.7. The molecular weight excluding hydrogens is 386 g/mol. The minimum Gasteiger partial charge on any atom is -0.418 e. The van der Waals surface area contributed by atoms with E-state index in [0.29, 0.717) is 35.3 Å². The molecule has 3 heterocycles. The number of aliphatic hydroxyl groups excluding tert-OH is 1. The van der Waals surface area contributed by atoms with E-state index in [-0.39, 0.29) is 24.4 Å². The highest BCUT2D eigenvalue weighted by Gasteiger charge is 2.11. The van der Waals surface area contributed by atoms with Crippen molar-refractivity contribution in [2.45, 2.75) is 13.5 Å². The molecule has 3 aromatic heterocycles. The van der Waals surface area contributed by atoms with Crippen LogP contribution < -0.4 is 16.0 Å². The fraction of sp³-hybridized carbons (Fsp3) is 0.235. The van der Waals surface area contributed by atoms with Crippen molar-refractivity contribution < 1.29 is 14.3 Å². The Hall–Kier alpha value is -3.24. The van der Waals surface area contributed by atoms with Crippen molar-refractivity contribution >= 4 is 29.3 Å². The molecule has 0 saturated heterocycles. The number of nitrogens with zero attached hydrogens (tertiary/aromatic N) is 4. The zero-order valence-electron chi connectivity index (χ0n) is 14.9. The quantitative estimate of drug-likeness (QED) is 0.440. The zero-order chi connectivity index (χ0) is 19.9. The number of aromatic nitrogens is 4. The molecule has 146 valence electrons. The number of aryl methyl sites for hydroxylation is 1. The van der Waals surface area contributed by atoms with Gasteiger partial charge in [-0.3, -0.25) is 5.32 Å². The van der Waals surface area contributed by atoms with Crippen LogP contribution in [0.1, 0.15) is 11.5 Å². The van der Waals surface area contributed by atoms with Crippen LogP contribution in [0.2, 0.25) is 5.02 Å². The van der Waals surface area contributed by atoms with Crippen LogP contribution in [0.15, 0.2) is 35.0 Å². The van der Waals surface area contributed by atoms with Crippen LogP contribution in [0.25, 0.3) is 11.5 Å². The highest BCUT2D eigenvalue weighted by Crippen LogP contribution is 2.25. The maximum atomic E-state index is 11.8. The van der Waals surface area contributed by atoms with E-state index in [9.17, 15) is 4.79 Å². The van der Waals surface area contributed by atoms with E-state index in [1.165, 1.54) is 6.20 Å². The molecular formula is C17H18ClN7O3. The monoisotopic (exact) mass is 403 g/mol. The van der Waals surface area contributed by atoms with E-state index in [1.807, 2.05) is 13.0 Å². The highest BCUT2D eigenvalue weighted by atomic mass is 35.5. The molecule has 4 N–H and O–H groups in total. The molecule has 0 spiro atoms. The van der Waals surface area contributed by atoms with Gasteiger partial charge in [0.05, 0.1) is 10.6 Å². The lowest BCUT2D eigenvalue weighted by atomic mass is 10.3. The minimum atomic E-state index is -0.358. The molecule has 3 rings (SSSR count). The van der Waals surface area contributed by atoms with Crippen LogP contribution in [0.3, 0.4) is 0 Å². The average molecular weight is 404 g/mol. The Morgan fingerprint density at radius 3 is 2.75 bits per heavy atom. The van der Waals surface area contributed by atoms with E-state index < -0.39 is 0 Å². The Bertz CT molecular complexity index is 946. The predicted molar refractivity (Wildman–Crippen MR) is 103 cm³/mol. The summed E-state index contributed by atoms with van der Waals surface area (Å²) in [4.78, 5) is 20.1. The second-order valence-corrected chi connectivity index (χ2v) is 6.15. The molecule has 10 nitrogen and oxygen atoms in total. The smallest absolute Gasteiger partial charge is 0.320 e. The molecule has 0 aliphatic heterocycles. The maximum absolute atomic E-state index is 11.8. The van der Waals surface area contributed by atoms with Gasteiger partial charge in [-0.05, 0) is 24.6 Å². The lowest BCUT2D eigenvalue weighted by Crippen LogP contribution is -2.33. The number of halogens is 1. The Morgan fingerprint density at radius 1 is 1.21 bits per heavy atom. The van der Waals surface area contributed by atoms with Gasteiger partial charge in [0.25, 0.3) is 0 Å². The molecule has 0 aliphatic carbocycles. The van der Waals surface area contributed by atoms with Crippen LogP contribution in [0, 0.1) is 6.92 Å². The van der Waals surface area contributed by atoms with Gasteiger partial charge in [-0.15, -0.1) is 10.2 Å². The van der Waals surface area contributed by atoms with E-state index in [1.54, 1.807) is 18.3 Å². The fourth-order valence-electron chi connectivity index (χ4n) is 2.18. The van der Waals surface area contributed by atoms with Crippen molar-refractivity contribution in [3.63, 3.8) is 0 Å². The Morgan fingerprint density at radius 2 is 2.07 bits per heavy atom. The van der Waals surface area contributed by atoms with Crippen LogP contribution in [-0.4, -0.2) is 44.4 Å². The van der Waals surface area contributed by atoms with Crippen molar-refractivity contribution in [3.8, 4) is 11.5 Å². The van der Waals surface area contributed by atoms with E-state index in [0.717, 1.165) is 5.56 Å². The first-order valence-electron chi connectivity index (χ1n) is 8.35. The first-order chi connectivity index (χ1) is 13.5. The number of hydrogen-bond acceptors (Lipinski definition) is 8. The third-order valence-electron chi connectivity index (χ3n) is 3.55. The standard InChI is InChI=1S/C17H18ClN7O3/c1-10-2-3-13(21-7-10)23-17(27)20-5-4-19-15-12(18)6-11(8-22-15)16-25-24-14(9-26)28-16/h2-3,6-8,26H,4-5,9H2,1H3,(H,19,22)(H2,20,21,23,27). The second-order valence-electron chi connectivity index (χ2n) is 5.74. The van der Waals surface area contributed by atoms with Crippen LogP contribution in [0.5, 0.6) is 0 Å². The second kappa shape index (κ2) is 9.11. The van der Waals surface area contributed by atoms with Crippen molar-refractivity contribution in [2.75, 3.05) is 23.7 Å². The molecule has 28 heavy (non-hydrogen) atoms. The van der Waals surface area contributed by atoms with Crippen molar-refractivity contribution in [3.05, 3.63) is 47.1 Å². The Balaban J connectivity index is 1.46. The first-order valence-corrected chi connectivity index (χ1v) is 8.73. The van der Waals surface area contributed by atoms with Gasteiger partial charge < -0.3 is 20.2 Å². The molecule has 0 unspecified atom stereocenters. The number of hydrogen-bond donors (Lipinski definition) is 4. The number of rotatable bonds is 7. The highest BCUT2D eigenvalue weighted by molar-refractivity contribution is 6.33. The van der Waals surface area contributed by atoms with Gasteiger partial charge in [0.2, 0.25) is 11.8 Å². The molecule has 0 aromatic carbocycles. The summed E-state index contributed by atoms with van der Waals surface area (Å²) in [7, 11) is 0. The lowest BCUT2D eigenvalue weighted by Gasteiger charge is -2.10. The van der Waals surface area contributed by atoms with Crippen LogP contribution >= 0.6 is 11.6 Å². The summed E-state index contributed by atoms with van der Waals surface area (Å²) in [5.41, 5.74) is 1.55. The number of carbonyl (C=O) groups is 1. The van der Waals surface area contributed by atoms with Crippen LogP contribution in [-0.2, 0) is 6.61 Å². The summed E-state index contributed by atoms with van der Waals surface area (Å²) < 4.78 is 5.24. The van der Waals surface area contributed by atoms with Gasteiger partial charge in [0, 0.05) is 25.5 Å². The number of aliphatic hydroxyl groups is 1. The predicted octanol–water partition coefficient (Wildman–Crippen LogP) is 2.21. The number of urea groups is 1. The Labute approximate surface area is 165 Å². The topological polar surface area (TPSA) is 138 Å². The van der Waals surface area contributed by atoms with Gasteiger partial charge in [0.15, 0.2) is 0 Å². The largest absolute Gasteiger partial charge is 0.418 e. The number of anilines is 2. The molecule has 3 aromatic rings. The van der Waals surface area contributed by atoms with E-state index >= 15 is 0 Å². The molecule has 11 heteroatoms. The molecule has 2 amide bonds.